The van der Waals surface area contributed by atoms with Crippen LogP contribution >= 0.6 is 11.3 Å². The van der Waals surface area contributed by atoms with Crippen LogP contribution in [0.5, 0.6) is 0 Å². The molecule has 1 aliphatic heterocycles. The van der Waals surface area contributed by atoms with Gasteiger partial charge in [-0.2, -0.15) is 0 Å². The molecule has 2 heterocycles. The van der Waals surface area contributed by atoms with Crippen molar-refractivity contribution >= 4 is 22.9 Å². The number of hydrogen-bond donors (Lipinski definition) is 1. The minimum Gasteiger partial charge on any atom is -0.395 e. The predicted molar refractivity (Wildman–Crippen MR) is 71.6 cm³/mol. The third kappa shape index (κ3) is 1.65. The topological polar surface area (TPSA) is 40.5 Å². The minimum absolute atomic E-state index is 0.00194. The number of aliphatic hydroxyl groups excluding tert-OH is 1. The minimum atomic E-state index is -0.302. The van der Waals surface area contributed by atoms with Crippen molar-refractivity contribution < 1.29 is 9.90 Å². The summed E-state index contributed by atoms with van der Waals surface area (Å²) in [4.78, 5) is 15.0. The maximum atomic E-state index is 12.1. The molecule has 1 aliphatic rings. The van der Waals surface area contributed by atoms with Gasteiger partial charge in [0.15, 0.2) is 0 Å². The van der Waals surface area contributed by atoms with Gasteiger partial charge in [-0.05, 0) is 23.6 Å². The number of carbonyl (C=O) groups excluding carboxylic acids is 1. The van der Waals surface area contributed by atoms with Crippen LogP contribution in [0.3, 0.4) is 0 Å². The highest BCUT2D eigenvalue weighted by atomic mass is 32.1. The van der Waals surface area contributed by atoms with Gasteiger partial charge in [0.25, 0.3) is 0 Å². The first kappa shape index (κ1) is 11.4. The van der Waals surface area contributed by atoms with Crippen molar-refractivity contribution in [2.45, 2.75) is 6.04 Å². The molecule has 0 aliphatic carbocycles. The Morgan fingerprint density at radius 1 is 1.17 bits per heavy atom. The van der Waals surface area contributed by atoms with Crippen LogP contribution in [0.2, 0.25) is 0 Å². The molecule has 4 heteroatoms. The smallest absolute Gasteiger partial charge is 0.235 e. The zero-order chi connectivity index (χ0) is 12.5. The fourth-order valence-electron chi connectivity index (χ4n) is 2.39. The average Bonchev–Trinajstić information content (AvgIpc) is 2.91. The van der Waals surface area contributed by atoms with Gasteiger partial charge in [0.2, 0.25) is 5.91 Å². The summed E-state index contributed by atoms with van der Waals surface area (Å²) in [5.41, 5.74) is 0.894. The number of amides is 1. The molecule has 0 radical (unpaired) electrons. The maximum Gasteiger partial charge on any atom is 0.235 e. The molecule has 92 valence electrons. The van der Waals surface area contributed by atoms with E-state index in [2.05, 4.69) is 0 Å². The molecule has 3 nitrogen and oxygen atoms in total. The van der Waals surface area contributed by atoms with E-state index in [0.29, 0.717) is 0 Å². The monoisotopic (exact) mass is 259 g/mol. The largest absolute Gasteiger partial charge is 0.395 e. The van der Waals surface area contributed by atoms with Crippen LogP contribution in [0.25, 0.3) is 0 Å². The lowest BCUT2D eigenvalue weighted by atomic mass is 9.86. The van der Waals surface area contributed by atoms with E-state index in [1.807, 2.05) is 47.8 Å². The van der Waals surface area contributed by atoms with Gasteiger partial charge < -0.3 is 10.0 Å². The lowest BCUT2D eigenvalue weighted by molar-refractivity contribution is -0.132. The van der Waals surface area contributed by atoms with Crippen molar-refractivity contribution in [1.29, 1.82) is 0 Å². The molecule has 1 amide bonds. The van der Waals surface area contributed by atoms with Crippen molar-refractivity contribution in [2.24, 2.45) is 5.92 Å². The van der Waals surface area contributed by atoms with Crippen LogP contribution in [0.15, 0.2) is 47.8 Å². The van der Waals surface area contributed by atoms with Gasteiger partial charge in [-0.15, -0.1) is 11.3 Å². The molecule has 2 aromatic rings. The number of rotatable bonds is 3. The second-order valence-corrected chi connectivity index (χ2v) is 5.27. The normalized spacial score (nSPS) is 22.9. The fraction of sp³-hybridized carbons (Fsp3) is 0.214. The molecular weight excluding hydrogens is 246 g/mol. The highest BCUT2D eigenvalue weighted by molar-refractivity contribution is 7.10. The van der Waals surface area contributed by atoms with Gasteiger partial charge in [-0.25, -0.2) is 0 Å². The zero-order valence-corrected chi connectivity index (χ0v) is 10.5. The molecule has 0 saturated carbocycles. The number of anilines is 1. The Balaban J connectivity index is 1.96. The molecule has 18 heavy (non-hydrogen) atoms. The fourth-order valence-corrected chi connectivity index (χ4v) is 3.27. The molecule has 1 fully saturated rings. The van der Waals surface area contributed by atoms with Crippen molar-refractivity contribution in [1.82, 2.24) is 0 Å². The molecule has 1 N–H and O–H groups in total. The summed E-state index contributed by atoms with van der Waals surface area (Å²) in [7, 11) is 0. The summed E-state index contributed by atoms with van der Waals surface area (Å²) in [6.07, 6.45) is 0. The average molecular weight is 259 g/mol. The van der Waals surface area contributed by atoms with E-state index in [-0.39, 0.29) is 24.5 Å². The van der Waals surface area contributed by atoms with Crippen molar-refractivity contribution in [3.05, 3.63) is 52.7 Å². The highest BCUT2D eigenvalue weighted by Gasteiger charge is 2.48. The number of benzene rings is 1. The van der Waals surface area contributed by atoms with Gasteiger partial charge in [0, 0.05) is 10.6 Å². The zero-order valence-electron chi connectivity index (χ0n) is 9.69. The van der Waals surface area contributed by atoms with Crippen molar-refractivity contribution in [3.8, 4) is 0 Å². The second-order valence-electron chi connectivity index (χ2n) is 4.29. The standard InChI is InChI=1S/C14H13NO2S/c16-9-11-13(12-7-4-8-18-12)15(14(11)17)10-5-2-1-3-6-10/h1-8,11,13,16H,9H2/t11-,13+/m1/s1. The predicted octanol–water partition coefficient (Wildman–Crippen LogP) is 2.44. The first-order chi connectivity index (χ1) is 8.83. The Labute approximate surface area is 109 Å². The summed E-state index contributed by atoms with van der Waals surface area (Å²) >= 11 is 1.62. The first-order valence-electron chi connectivity index (χ1n) is 5.85. The number of thiophene rings is 1. The number of hydrogen-bond acceptors (Lipinski definition) is 3. The maximum absolute atomic E-state index is 12.1. The Morgan fingerprint density at radius 3 is 2.56 bits per heavy atom. The first-order valence-corrected chi connectivity index (χ1v) is 6.73. The van der Waals surface area contributed by atoms with Gasteiger partial charge in [0.05, 0.1) is 18.6 Å². The summed E-state index contributed by atoms with van der Waals surface area (Å²) in [6.45, 7) is -0.0925. The third-order valence-electron chi connectivity index (χ3n) is 3.28. The van der Waals surface area contributed by atoms with Crippen LogP contribution in [-0.2, 0) is 4.79 Å². The van der Waals surface area contributed by atoms with Crippen molar-refractivity contribution in [3.63, 3.8) is 0 Å². The van der Waals surface area contributed by atoms with E-state index < -0.39 is 0 Å². The SMILES string of the molecule is O=C1[C@H](CO)[C@@H](c2cccs2)N1c1ccccc1. The molecule has 2 atom stereocenters. The summed E-state index contributed by atoms with van der Waals surface area (Å²) in [5.74, 6) is -0.300. The van der Waals surface area contributed by atoms with Crippen molar-refractivity contribution in [2.75, 3.05) is 11.5 Å². The number of nitrogens with zero attached hydrogens (tertiary/aromatic N) is 1. The van der Waals surface area contributed by atoms with Crippen LogP contribution in [0, 0.1) is 5.92 Å². The van der Waals surface area contributed by atoms with E-state index >= 15 is 0 Å². The van der Waals surface area contributed by atoms with Crippen LogP contribution in [-0.4, -0.2) is 17.6 Å². The van der Waals surface area contributed by atoms with E-state index in [0.717, 1.165) is 10.6 Å². The Morgan fingerprint density at radius 2 is 1.94 bits per heavy atom. The molecule has 0 spiro atoms. The molecule has 1 aromatic heterocycles. The lowest BCUT2D eigenvalue weighted by Crippen LogP contribution is -2.56. The highest BCUT2D eigenvalue weighted by Crippen LogP contribution is 2.44. The Kier molecular flexibility index (Phi) is 2.89. The van der Waals surface area contributed by atoms with Gasteiger partial charge in [0.1, 0.15) is 0 Å². The Bertz CT molecular complexity index is 538. The number of β-lactam (4-membered cyclic amide) rings is 1. The number of aliphatic hydroxyl groups is 1. The number of para-hydroxylation sites is 1. The molecule has 1 saturated heterocycles. The lowest BCUT2D eigenvalue weighted by Gasteiger charge is -2.46. The van der Waals surface area contributed by atoms with Crippen LogP contribution in [0.1, 0.15) is 10.9 Å². The van der Waals surface area contributed by atoms with Gasteiger partial charge in [-0.1, -0.05) is 24.3 Å². The van der Waals surface area contributed by atoms with Crippen LogP contribution < -0.4 is 4.90 Å². The van der Waals surface area contributed by atoms with E-state index in [1.54, 1.807) is 16.2 Å². The Hall–Kier alpha value is -1.65. The summed E-state index contributed by atoms with van der Waals surface area (Å²) in [6, 6.07) is 13.6. The third-order valence-corrected chi connectivity index (χ3v) is 4.22. The van der Waals surface area contributed by atoms with E-state index in [9.17, 15) is 9.90 Å². The molecular formula is C14H13NO2S. The summed E-state index contributed by atoms with van der Waals surface area (Å²) in [5, 5.41) is 11.3. The van der Waals surface area contributed by atoms with Gasteiger partial charge >= 0.3 is 0 Å². The summed E-state index contributed by atoms with van der Waals surface area (Å²) < 4.78 is 0. The molecule has 0 unspecified atom stereocenters. The quantitative estimate of drug-likeness (QED) is 0.860. The molecule has 0 bridgehead atoms. The molecule has 3 rings (SSSR count). The van der Waals surface area contributed by atoms with Crippen LogP contribution in [0.4, 0.5) is 5.69 Å². The van der Waals surface area contributed by atoms with E-state index in [4.69, 9.17) is 0 Å². The van der Waals surface area contributed by atoms with E-state index in [1.165, 1.54) is 0 Å². The van der Waals surface area contributed by atoms with Gasteiger partial charge in [-0.3, -0.25) is 4.79 Å². The second kappa shape index (κ2) is 4.55. The number of carbonyl (C=O) groups is 1. The molecule has 1 aromatic carbocycles.